The molecule has 1 aromatic carbocycles. The van der Waals surface area contributed by atoms with Crippen molar-refractivity contribution in [3.05, 3.63) is 51.4 Å². The Morgan fingerprint density at radius 2 is 2.10 bits per heavy atom. The molecule has 1 aliphatic carbocycles. The SMILES string of the molecule is CCCCOC(=O)c1cccc(NC(=O)CSc2nc3c(c(=O)[nH]2)CCCC3)c1. The molecule has 1 amide bonds. The normalized spacial score (nSPS) is 12.9. The summed E-state index contributed by atoms with van der Waals surface area (Å²) < 4.78 is 5.19. The summed E-state index contributed by atoms with van der Waals surface area (Å²) in [5.74, 6) is -0.543. The molecule has 0 bridgehead atoms. The van der Waals surface area contributed by atoms with E-state index in [9.17, 15) is 14.4 Å². The summed E-state index contributed by atoms with van der Waals surface area (Å²) in [7, 11) is 0. The molecule has 0 radical (unpaired) electrons. The van der Waals surface area contributed by atoms with E-state index in [0.29, 0.717) is 23.0 Å². The van der Waals surface area contributed by atoms with Crippen LogP contribution in [0.5, 0.6) is 0 Å². The van der Waals surface area contributed by atoms with E-state index in [0.717, 1.165) is 49.8 Å². The summed E-state index contributed by atoms with van der Waals surface area (Å²) in [5, 5.41) is 3.22. The number of thioether (sulfide) groups is 1. The Hall–Kier alpha value is -2.61. The lowest BCUT2D eigenvalue weighted by atomic mass is 9.97. The molecule has 2 aromatic rings. The van der Waals surface area contributed by atoms with Crippen molar-refractivity contribution in [1.29, 1.82) is 0 Å². The number of aryl methyl sites for hydroxylation is 1. The molecule has 154 valence electrons. The predicted octanol–water partition coefficient (Wildman–Crippen LogP) is 3.34. The third-order valence-corrected chi connectivity index (χ3v) is 5.50. The van der Waals surface area contributed by atoms with E-state index < -0.39 is 5.97 Å². The van der Waals surface area contributed by atoms with Gasteiger partial charge in [-0.3, -0.25) is 9.59 Å². The van der Waals surface area contributed by atoms with Crippen molar-refractivity contribution in [1.82, 2.24) is 9.97 Å². The van der Waals surface area contributed by atoms with Crippen LogP contribution in [0.25, 0.3) is 0 Å². The summed E-state index contributed by atoms with van der Waals surface area (Å²) >= 11 is 1.19. The highest BCUT2D eigenvalue weighted by atomic mass is 32.2. The third kappa shape index (κ3) is 5.93. The van der Waals surface area contributed by atoms with Crippen molar-refractivity contribution < 1.29 is 14.3 Å². The number of rotatable bonds is 8. The van der Waals surface area contributed by atoms with Gasteiger partial charge in [-0.05, 0) is 50.3 Å². The van der Waals surface area contributed by atoms with Crippen LogP contribution in [0.4, 0.5) is 5.69 Å². The average Bonchev–Trinajstić information content (AvgIpc) is 2.72. The maximum Gasteiger partial charge on any atom is 0.338 e. The van der Waals surface area contributed by atoms with Gasteiger partial charge in [0.05, 0.1) is 23.6 Å². The van der Waals surface area contributed by atoms with E-state index in [-0.39, 0.29) is 17.2 Å². The van der Waals surface area contributed by atoms with Crippen molar-refractivity contribution in [2.75, 3.05) is 17.7 Å². The number of anilines is 1. The number of carbonyl (C=O) groups is 2. The Morgan fingerprint density at radius 3 is 2.93 bits per heavy atom. The molecular formula is C21H25N3O4S. The molecule has 0 aliphatic heterocycles. The number of hydrogen-bond acceptors (Lipinski definition) is 6. The van der Waals surface area contributed by atoms with E-state index >= 15 is 0 Å². The summed E-state index contributed by atoms with van der Waals surface area (Å²) in [4.78, 5) is 43.7. The minimum Gasteiger partial charge on any atom is -0.462 e. The van der Waals surface area contributed by atoms with Crippen LogP contribution >= 0.6 is 11.8 Å². The zero-order valence-corrected chi connectivity index (χ0v) is 17.3. The zero-order valence-electron chi connectivity index (χ0n) is 16.5. The highest BCUT2D eigenvalue weighted by Gasteiger charge is 2.16. The van der Waals surface area contributed by atoms with Crippen LogP contribution in [0.2, 0.25) is 0 Å². The number of benzene rings is 1. The summed E-state index contributed by atoms with van der Waals surface area (Å²) in [6.07, 6.45) is 5.38. The van der Waals surface area contributed by atoms with E-state index in [1.807, 2.05) is 6.92 Å². The number of esters is 1. The number of H-pyrrole nitrogens is 1. The van der Waals surface area contributed by atoms with Crippen molar-refractivity contribution in [3.63, 3.8) is 0 Å². The lowest BCUT2D eigenvalue weighted by molar-refractivity contribution is -0.113. The molecule has 7 nitrogen and oxygen atoms in total. The van der Waals surface area contributed by atoms with Crippen LogP contribution in [0, 0.1) is 0 Å². The smallest absolute Gasteiger partial charge is 0.338 e. The van der Waals surface area contributed by atoms with E-state index in [2.05, 4.69) is 15.3 Å². The number of aromatic amines is 1. The molecule has 0 saturated carbocycles. The number of unbranched alkanes of at least 4 members (excludes halogenated alkanes) is 1. The van der Waals surface area contributed by atoms with Crippen LogP contribution in [-0.4, -0.2) is 34.2 Å². The quantitative estimate of drug-likeness (QED) is 0.297. The van der Waals surface area contributed by atoms with Gasteiger partial charge in [0.1, 0.15) is 0 Å². The second kappa shape index (κ2) is 10.2. The molecule has 0 saturated heterocycles. The summed E-state index contributed by atoms with van der Waals surface area (Å²) in [6, 6.07) is 6.66. The maximum absolute atomic E-state index is 12.3. The zero-order chi connectivity index (χ0) is 20.6. The molecule has 0 spiro atoms. The Balaban J connectivity index is 1.56. The molecule has 2 N–H and O–H groups in total. The van der Waals surface area contributed by atoms with Gasteiger partial charge >= 0.3 is 5.97 Å². The fraction of sp³-hybridized carbons (Fsp3) is 0.429. The van der Waals surface area contributed by atoms with Crippen molar-refractivity contribution >= 4 is 29.3 Å². The van der Waals surface area contributed by atoms with Crippen LogP contribution in [-0.2, 0) is 22.4 Å². The standard InChI is InChI=1S/C21H25N3O4S/c1-2-3-11-28-20(27)14-7-6-8-15(12-14)22-18(25)13-29-21-23-17-10-5-4-9-16(17)19(26)24-21/h6-8,12H,2-5,9-11,13H2,1H3,(H,22,25)(H,23,24,26). The van der Waals surface area contributed by atoms with Crippen molar-refractivity contribution in [2.45, 2.75) is 50.6 Å². The number of aromatic nitrogens is 2. The highest BCUT2D eigenvalue weighted by Crippen LogP contribution is 2.20. The van der Waals surface area contributed by atoms with E-state index in [4.69, 9.17) is 4.74 Å². The Labute approximate surface area is 173 Å². The monoisotopic (exact) mass is 415 g/mol. The van der Waals surface area contributed by atoms with Gasteiger partial charge in [0.15, 0.2) is 5.16 Å². The molecule has 1 aliphatic rings. The van der Waals surface area contributed by atoms with E-state index in [1.54, 1.807) is 24.3 Å². The molecular weight excluding hydrogens is 390 g/mol. The lowest BCUT2D eigenvalue weighted by Crippen LogP contribution is -2.22. The van der Waals surface area contributed by atoms with Gasteiger partial charge in [0.2, 0.25) is 5.91 Å². The van der Waals surface area contributed by atoms with Gasteiger partial charge in [-0.15, -0.1) is 0 Å². The molecule has 8 heteroatoms. The summed E-state index contributed by atoms with van der Waals surface area (Å²) in [5.41, 5.74) is 2.43. The first-order valence-electron chi connectivity index (χ1n) is 9.88. The molecule has 1 heterocycles. The third-order valence-electron chi connectivity index (χ3n) is 4.62. The summed E-state index contributed by atoms with van der Waals surface area (Å²) in [6.45, 7) is 2.41. The Morgan fingerprint density at radius 1 is 1.28 bits per heavy atom. The molecule has 0 atom stereocenters. The average molecular weight is 416 g/mol. The second-order valence-corrected chi connectivity index (χ2v) is 7.87. The Kier molecular flexibility index (Phi) is 7.46. The minimum atomic E-state index is -0.403. The predicted molar refractivity (Wildman–Crippen MR) is 112 cm³/mol. The number of fused-ring (bicyclic) bond motifs is 1. The minimum absolute atomic E-state index is 0.104. The number of nitrogens with one attached hydrogen (secondary N) is 2. The van der Waals surface area contributed by atoms with Gasteiger partial charge in [-0.1, -0.05) is 31.2 Å². The highest BCUT2D eigenvalue weighted by molar-refractivity contribution is 7.99. The van der Waals surface area contributed by atoms with Crippen molar-refractivity contribution in [3.8, 4) is 0 Å². The van der Waals surface area contributed by atoms with Crippen LogP contribution in [0.3, 0.4) is 0 Å². The van der Waals surface area contributed by atoms with Crippen LogP contribution < -0.4 is 10.9 Å². The molecule has 3 rings (SSSR count). The number of amides is 1. The van der Waals surface area contributed by atoms with Gasteiger partial charge in [0, 0.05) is 11.3 Å². The first-order chi connectivity index (χ1) is 14.1. The van der Waals surface area contributed by atoms with E-state index in [1.165, 1.54) is 11.8 Å². The molecule has 1 aromatic heterocycles. The van der Waals surface area contributed by atoms with Gasteiger partial charge < -0.3 is 15.0 Å². The van der Waals surface area contributed by atoms with Crippen molar-refractivity contribution in [2.24, 2.45) is 0 Å². The second-order valence-electron chi connectivity index (χ2n) is 6.91. The van der Waals surface area contributed by atoms with Gasteiger partial charge in [-0.2, -0.15) is 0 Å². The first-order valence-corrected chi connectivity index (χ1v) is 10.9. The fourth-order valence-electron chi connectivity index (χ4n) is 3.10. The lowest BCUT2D eigenvalue weighted by Gasteiger charge is -2.14. The van der Waals surface area contributed by atoms with Gasteiger partial charge in [-0.25, -0.2) is 9.78 Å². The number of carbonyl (C=O) groups excluding carboxylic acids is 2. The molecule has 0 unspecified atom stereocenters. The maximum atomic E-state index is 12.3. The van der Waals surface area contributed by atoms with Crippen LogP contribution in [0.15, 0.2) is 34.2 Å². The largest absolute Gasteiger partial charge is 0.462 e. The molecule has 0 fully saturated rings. The number of hydrogen-bond donors (Lipinski definition) is 2. The number of nitrogens with zero attached hydrogens (tertiary/aromatic N) is 1. The first kappa shape index (κ1) is 21.1. The topological polar surface area (TPSA) is 101 Å². The van der Waals surface area contributed by atoms with Gasteiger partial charge in [0.25, 0.3) is 5.56 Å². The Bertz CT molecular complexity index is 942. The number of ether oxygens (including phenoxy) is 1. The van der Waals surface area contributed by atoms with Crippen LogP contribution in [0.1, 0.15) is 54.2 Å². The fourth-order valence-corrected chi connectivity index (χ4v) is 3.78. The molecule has 29 heavy (non-hydrogen) atoms.